The normalized spacial score (nSPS) is 20.3. The zero-order chi connectivity index (χ0) is 14.7. The van der Waals surface area contributed by atoms with Crippen molar-refractivity contribution in [3.63, 3.8) is 0 Å². The second-order valence-corrected chi connectivity index (χ2v) is 5.94. The van der Waals surface area contributed by atoms with Gasteiger partial charge < -0.3 is 4.90 Å². The van der Waals surface area contributed by atoms with Gasteiger partial charge in [-0.1, -0.05) is 49.6 Å². The molecule has 3 nitrogen and oxygen atoms in total. The summed E-state index contributed by atoms with van der Waals surface area (Å²) in [5.41, 5.74) is 1.48. The number of hydrogen-bond acceptors (Lipinski definition) is 2. The van der Waals surface area contributed by atoms with E-state index in [9.17, 15) is 9.59 Å². The highest BCUT2D eigenvalue weighted by molar-refractivity contribution is 6.09. The fourth-order valence-electron chi connectivity index (χ4n) is 3.29. The van der Waals surface area contributed by atoms with Crippen molar-refractivity contribution in [2.75, 3.05) is 0 Å². The van der Waals surface area contributed by atoms with Crippen molar-refractivity contribution >= 4 is 11.7 Å². The summed E-state index contributed by atoms with van der Waals surface area (Å²) >= 11 is 0. The van der Waals surface area contributed by atoms with E-state index in [1.54, 1.807) is 0 Å². The van der Waals surface area contributed by atoms with E-state index in [-0.39, 0.29) is 11.7 Å². The highest BCUT2D eigenvalue weighted by Gasteiger charge is 2.29. The van der Waals surface area contributed by atoms with Crippen molar-refractivity contribution < 1.29 is 9.59 Å². The smallest absolute Gasteiger partial charge is 0.227 e. The van der Waals surface area contributed by atoms with E-state index in [0.717, 1.165) is 18.4 Å². The monoisotopic (exact) mass is 283 g/mol. The third-order valence-electron chi connectivity index (χ3n) is 4.49. The van der Waals surface area contributed by atoms with Gasteiger partial charge in [-0.3, -0.25) is 9.59 Å². The van der Waals surface area contributed by atoms with Crippen LogP contribution in [0, 0.1) is 0 Å². The van der Waals surface area contributed by atoms with Gasteiger partial charge in [0, 0.05) is 29.8 Å². The van der Waals surface area contributed by atoms with Gasteiger partial charge in [-0.05, 0) is 19.3 Å². The van der Waals surface area contributed by atoms with Crippen molar-refractivity contribution in [3.8, 4) is 0 Å². The number of rotatable bonds is 3. The lowest BCUT2D eigenvalue weighted by Crippen LogP contribution is -2.40. The standard InChI is InChI=1S/C18H21NO2/c20-17-12-11-15(18(21)14-7-3-1-4-8-14)13-19(17)16-9-5-2-6-10-16/h1,3-4,7-8,13,16H,2,5-6,9-12H2. The van der Waals surface area contributed by atoms with Crippen LogP contribution >= 0.6 is 0 Å². The fourth-order valence-corrected chi connectivity index (χ4v) is 3.29. The number of carbonyl (C=O) groups excluding carboxylic acids is 2. The first-order chi connectivity index (χ1) is 10.3. The molecule has 21 heavy (non-hydrogen) atoms. The molecule has 3 heteroatoms. The van der Waals surface area contributed by atoms with E-state index < -0.39 is 0 Å². The first-order valence-electron chi connectivity index (χ1n) is 7.87. The van der Waals surface area contributed by atoms with Crippen LogP contribution in [0.3, 0.4) is 0 Å². The predicted molar refractivity (Wildman–Crippen MR) is 81.8 cm³/mol. The maximum Gasteiger partial charge on any atom is 0.227 e. The number of benzene rings is 1. The Morgan fingerprint density at radius 1 is 1.00 bits per heavy atom. The molecule has 0 spiro atoms. The predicted octanol–water partition coefficient (Wildman–Crippen LogP) is 3.71. The zero-order valence-corrected chi connectivity index (χ0v) is 12.3. The summed E-state index contributed by atoms with van der Waals surface area (Å²) < 4.78 is 0. The summed E-state index contributed by atoms with van der Waals surface area (Å²) in [6.07, 6.45) is 8.62. The number of Topliss-reactive ketones (excluding diaryl/α,β-unsaturated/α-hetero) is 1. The van der Waals surface area contributed by atoms with E-state index in [2.05, 4.69) is 0 Å². The summed E-state index contributed by atoms with van der Waals surface area (Å²) in [7, 11) is 0. The molecule has 1 aromatic carbocycles. The topological polar surface area (TPSA) is 37.4 Å². The number of hydrogen-bond donors (Lipinski definition) is 0. The molecule has 0 radical (unpaired) electrons. The molecule has 1 aliphatic heterocycles. The van der Waals surface area contributed by atoms with Crippen molar-refractivity contribution in [2.45, 2.75) is 51.0 Å². The first kappa shape index (κ1) is 14.1. The third-order valence-corrected chi connectivity index (χ3v) is 4.49. The van der Waals surface area contributed by atoms with Gasteiger partial charge in [0.05, 0.1) is 0 Å². The number of nitrogens with zero attached hydrogens (tertiary/aromatic N) is 1. The maximum atomic E-state index is 12.5. The summed E-state index contributed by atoms with van der Waals surface area (Å²) in [6, 6.07) is 9.63. The van der Waals surface area contributed by atoms with E-state index in [1.165, 1.54) is 19.3 Å². The van der Waals surface area contributed by atoms with Gasteiger partial charge in [0.25, 0.3) is 0 Å². The molecule has 110 valence electrons. The van der Waals surface area contributed by atoms with Gasteiger partial charge in [-0.15, -0.1) is 0 Å². The Morgan fingerprint density at radius 3 is 2.43 bits per heavy atom. The second-order valence-electron chi connectivity index (χ2n) is 5.94. The molecule has 0 aromatic heterocycles. The van der Waals surface area contributed by atoms with Crippen LogP contribution in [0.2, 0.25) is 0 Å². The van der Waals surface area contributed by atoms with Crippen LogP contribution in [0.4, 0.5) is 0 Å². The molecule has 2 aliphatic rings. The van der Waals surface area contributed by atoms with Crippen LogP contribution in [-0.4, -0.2) is 22.6 Å². The Labute approximate surface area is 125 Å². The lowest BCUT2D eigenvalue weighted by molar-refractivity contribution is -0.131. The van der Waals surface area contributed by atoms with Gasteiger partial charge in [0.2, 0.25) is 5.91 Å². The second kappa shape index (κ2) is 6.25. The molecule has 0 N–H and O–H groups in total. The average Bonchev–Trinajstić information content (AvgIpc) is 2.56. The Balaban J connectivity index is 1.81. The molecule has 0 saturated heterocycles. The first-order valence-corrected chi connectivity index (χ1v) is 7.87. The van der Waals surface area contributed by atoms with Gasteiger partial charge in [0.15, 0.2) is 5.78 Å². The van der Waals surface area contributed by atoms with Gasteiger partial charge >= 0.3 is 0 Å². The van der Waals surface area contributed by atoms with Gasteiger partial charge in [-0.2, -0.15) is 0 Å². The van der Waals surface area contributed by atoms with E-state index >= 15 is 0 Å². The SMILES string of the molecule is O=C(C1=CN(C2CCCCC2)C(=O)CC1)c1ccccc1. The highest BCUT2D eigenvalue weighted by atomic mass is 16.2. The van der Waals surface area contributed by atoms with Crippen molar-refractivity contribution in [1.82, 2.24) is 4.90 Å². The molecular weight excluding hydrogens is 262 g/mol. The average molecular weight is 283 g/mol. The van der Waals surface area contributed by atoms with Gasteiger partial charge in [-0.25, -0.2) is 0 Å². The van der Waals surface area contributed by atoms with Crippen molar-refractivity contribution in [3.05, 3.63) is 47.7 Å². The summed E-state index contributed by atoms with van der Waals surface area (Å²) in [6.45, 7) is 0. The summed E-state index contributed by atoms with van der Waals surface area (Å²) in [4.78, 5) is 26.5. The highest BCUT2D eigenvalue weighted by Crippen LogP contribution is 2.28. The Bertz CT molecular complexity index is 556. The molecule has 1 fully saturated rings. The van der Waals surface area contributed by atoms with Crippen molar-refractivity contribution in [2.24, 2.45) is 0 Å². The zero-order valence-electron chi connectivity index (χ0n) is 12.3. The number of amides is 1. The van der Waals surface area contributed by atoms with Crippen LogP contribution in [0.5, 0.6) is 0 Å². The molecule has 0 atom stereocenters. The number of carbonyl (C=O) groups is 2. The molecule has 0 bridgehead atoms. The largest absolute Gasteiger partial charge is 0.316 e. The molecule has 3 rings (SSSR count). The maximum absolute atomic E-state index is 12.5. The van der Waals surface area contributed by atoms with Crippen LogP contribution in [0.15, 0.2) is 42.1 Å². The molecule has 1 amide bonds. The molecule has 1 heterocycles. The Hall–Kier alpha value is -1.90. The molecule has 1 saturated carbocycles. The van der Waals surface area contributed by atoms with E-state index in [4.69, 9.17) is 0 Å². The quantitative estimate of drug-likeness (QED) is 0.793. The van der Waals surface area contributed by atoms with Gasteiger partial charge in [0.1, 0.15) is 0 Å². The molecular formula is C18H21NO2. The lowest BCUT2D eigenvalue weighted by atomic mass is 9.91. The van der Waals surface area contributed by atoms with Crippen molar-refractivity contribution in [1.29, 1.82) is 0 Å². The Kier molecular flexibility index (Phi) is 4.18. The number of allylic oxidation sites excluding steroid dienone is 1. The Morgan fingerprint density at radius 2 is 1.71 bits per heavy atom. The fraction of sp³-hybridized carbons (Fsp3) is 0.444. The molecule has 1 aliphatic carbocycles. The summed E-state index contributed by atoms with van der Waals surface area (Å²) in [5.74, 6) is 0.232. The molecule has 1 aromatic rings. The van der Waals surface area contributed by atoms with Crippen LogP contribution in [0.1, 0.15) is 55.3 Å². The lowest BCUT2D eigenvalue weighted by Gasteiger charge is -2.34. The minimum absolute atomic E-state index is 0.0592. The third kappa shape index (κ3) is 3.07. The van der Waals surface area contributed by atoms with E-state index in [0.29, 0.717) is 24.4 Å². The molecule has 0 unspecified atom stereocenters. The minimum atomic E-state index is 0.0592. The summed E-state index contributed by atoms with van der Waals surface area (Å²) in [5, 5.41) is 0. The minimum Gasteiger partial charge on any atom is -0.316 e. The number of ketones is 1. The van der Waals surface area contributed by atoms with Crippen LogP contribution in [0.25, 0.3) is 0 Å². The van der Waals surface area contributed by atoms with Crippen LogP contribution < -0.4 is 0 Å². The van der Waals surface area contributed by atoms with E-state index in [1.807, 2.05) is 41.4 Å². The van der Waals surface area contributed by atoms with Crippen LogP contribution in [-0.2, 0) is 4.79 Å².